The van der Waals surface area contributed by atoms with Gasteiger partial charge in [-0.25, -0.2) is 4.98 Å². The number of imidazole rings is 1. The number of rotatable bonds is 7. The first-order valence-electron chi connectivity index (χ1n) is 23.0. The van der Waals surface area contributed by atoms with Gasteiger partial charge < -0.3 is 0 Å². The van der Waals surface area contributed by atoms with Crippen LogP contribution in [-0.4, -0.2) is 18.7 Å². The molecule has 66 heavy (non-hydrogen) atoms. The first kappa shape index (κ1) is 42.1. The van der Waals surface area contributed by atoms with Crippen molar-refractivity contribution in [2.75, 3.05) is 0 Å². The topological polar surface area (TPSA) is 36.9 Å². The van der Waals surface area contributed by atoms with E-state index in [0.29, 0.717) is 11.5 Å². The molecule has 10 aromatic rings. The number of fused-ring (bicyclic) bond motifs is 5. The molecule has 3 heterocycles. The Kier molecular flexibility index (Phi) is 10.5. The van der Waals surface area contributed by atoms with E-state index in [1.54, 1.807) is 0 Å². The van der Waals surface area contributed by atoms with Crippen molar-refractivity contribution >= 4 is 32.8 Å². The van der Waals surface area contributed by atoms with E-state index in [9.17, 15) is 0 Å². The molecule has 6 heteroatoms. The van der Waals surface area contributed by atoms with Crippen molar-refractivity contribution in [3.63, 3.8) is 0 Å². The quantitative estimate of drug-likeness (QED) is 0.149. The third-order valence-corrected chi connectivity index (χ3v) is 14.4. The van der Waals surface area contributed by atoms with Crippen LogP contribution in [0.25, 0.3) is 66.6 Å². The van der Waals surface area contributed by atoms with Gasteiger partial charge in [0.15, 0.2) is 0 Å². The van der Waals surface area contributed by atoms with Gasteiger partial charge in [0, 0.05) is 6.20 Å². The smallest absolute Gasteiger partial charge is 0.0608 e. The maximum atomic E-state index is 6.84. The number of hydrogen-bond donors (Lipinski definition) is 0. The molecular weight excluding hydrogens is 988 g/mol. The van der Waals surface area contributed by atoms with Crippen LogP contribution in [-0.2, 0) is 36.6 Å². The summed E-state index contributed by atoms with van der Waals surface area (Å²) in [6.07, 6.45) is 5.00. The second-order valence-corrected chi connectivity index (χ2v) is 20.7. The molecule has 5 nitrogen and oxygen atoms in total. The summed E-state index contributed by atoms with van der Waals surface area (Å²) in [7, 11) is 0. The molecule has 1 aliphatic carbocycles. The zero-order chi connectivity index (χ0) is 45.3. The van der Waals surface area contributed by atoms with Crippen LogP contribution in [0.3, 0.4) is 0 Å². The van der Waals surface area contributed by atoms with Gasteiger partial charge >= 0.3 is 296 Å². The molecule has 7 aromatic carbocycles. The molecule has 0 fully saturated rings. The number of aromatic nitrogens is 4. The Bertz CT molecular complexity index is 3470. The normalized spacial score (nSPS) is 14.3. The molecule has 0 amide bonds. The minimum Gasteiger partial charge on any atom is -0.0608 e. The van der Waals surface area contributed by atoms with Gasteiger partial charge in [-0.3, -0.25) is 0 Å². The zero-order valence-corrected chi connectivity index (χ0v) is 40.6. The van der Waals surface area contributed by atoms with Crippen molar-refractivity contribution in [1.29, 1.82) is 0 Å². The number of benzene rings is 7. The molecule has 3 aromatic heterocycles. The molecule has 0 N–H and O–H groups in total. The van der Waals surface area contributed by atoms with Crippen molar-refractivity contribution in [2.24, 2.45) is 0 Å². The summed E-state index contributed by atoms with van der Waals surface area (Å²) in [5.74, 6) is 2.20. The molecule has 0 radical (unpaired) electrons. The Labute approximate surface area is 398 Å². The second-order valence-electron chi connectivity index (χ2n) is 19.7. The molecule has 11 rings (SSSR count). The van der Waals surface area contributed by atoms with Gasteiger partial charge in [0.2, 0.25) is 0 Å². The molecule has 0 bridgehead atoms. The first-order valence-corrected chi connectivity index (χ1v) is 24.2. The van der Waals surface area contributed by atoms with Gasteiger partial charge in [0.1, 0.15) is 0 Å². The standard InChI is InChI=1S/C60H52N4O.Pt/c1-59(2,3)43-28-32-53-51(35-43)49-31-30-46(38-56(49)64(53)57-36-44(33-34-61-57)60(4,5)6)65-45-29-27-42-21-15-26-52(50(42)37-45)62-39-63(55-25-14-13-24-54(55)62)58-47(40-17-9-7-10-18-40)22-16-23-48(58)41-19-11-8-12-20-41;/h7-14,16-20,22-25,27-36,52H,15,21,26H2,1-6H3;/q-2;. The van der Waals surface area contributed by atoms with E-state index in [1.807, 2.05) is 6.20 Å². The van der Waals surface area contributed by atoms with Gasteiger partial charge in [-0.1, -0.05) is 53.7 Å². The average molecular weight is 1040 g/mol. The van der Waals surface area contributed by atoms with E-state index in [2.05, 4.69) is 244 Å². The summed E-state index contributed by atoms with van der Waals surface area (Å²) in [5, 5.41) is 2.30. The van der Waals surface area contributed by atoms with Gasteiger partial charge in [-0.05, 0) is 40.2 Å². The van der Waals surface area contributed by atoms with E-state index in [-0.39, 0.29) is 16.9 Å². The number of pyridine rings is 1. The van der Waals surface area contributed by atoms with Crippen molar-refractivity contribution in [2.45, 2.75) is 77.7 Å². The van der Waals surface area contributed by atoms with E-state index < -0.39 is 0 Å². The van der Waals surface area contributed by atoms with Crippen LogP contribution in [0, 0.1) is 15.9 Å². The van der Waals surface area contributed by atoms with E-state index >= 15 is 0 Å². The number of nitrogens with zero attached hydrogens (tertiary/aromatic N) is 4. The maximum absolute atomic E-state index is 6.84. The van der Waals surface area contributed by atoms with Crippen LogP contribution in [0.1, 0.15) is 82.7 Å². The summed E-state index contributed by atoms with van der Waals surface area (Å²) in [5.41, 5.74) is 15.3. The van der Waals surface area contributed by atoms with Crippen LogP contribution < -0.4 is 4.74 Å². The van der Waals surface area contributed by atoms with Crippen LogP contribution in [0.15, 0.2) is 164 Å². The summed E-state index contributed by atoms with van der Waals surface area (Å²) >= 11 is 2.58. The fourth-order valence-electron chi connectivity index (χ4n) is 9.93. The molecule has 330 valence electrons. The third kappa shape index (κ3) is 7.38. The summed E-state index contributed by atoms with van der Waals surface area (Å²) in [6.45, 7) is 13.5. The van der Waals surface area contributed by atoms with Gasteiger partial charge in [-0.2, -0.15) is 0 Å². The third-order valence-electron chi connectivity index (χ3n) is 13.4. The van der Waals surface area contributed by atoms with Crippen molar-refractivity contribution in [3.8, 4) is 45.3 Å². The number of ether oxygens (including phenoxy) is 1. The van der Waals surface area contributed by atoms with Crippen molar-refractivity contribution < 1.29 is 24.1 Å². The molecule has 0 aliphatic heterocycles. The predicted octanol–water partition coefficient (Wildman–Crippen LogP) is 15.3. The second kappa shape index (κ2) is 16.4. The SMILES string of the molecule is CC(C)(C)c1ccnc(-n2c3[c-]c(Oc4[c-]c5c(cc4)CCCC5n4[c](=[Pt])n(-c5c(-c6ccccc6)cccc5-c5ccccc5)c5ccccc54)ccc3c3cc(C(C)(C)C)ccc32)c1. The molecule has 1 aliphatic rings. The van der Waals surface area contributed by atoms with E-state index in [4.69, 9.17) is 9.72 Å². The van der Waals surface area contributed by atoms with Gasteiger partial charge in [0.25, 0.3) is 0 Å². The fourth-order valence-corrected chi connectivity index (χ4v) is 11.1. The Balaban J connectivity index is 1.04. The predicted molar refractivity (Wildman–Crippen MR) is 267 cm³/mol. The van der Waals surface area contributed by atoms with E-state index in [1.165, 1.54) is 61.1 Å². The molecular formula is C60H52N4OPt-2. The minimum absolute atomic E-state index is 0.00295. The van der Waals surface area contributed by atoms with Crippen LogP contribution in [0.5, 0.6) is 11.5 Å². The first-order chi connectivity index (χ1) is 31.9. The molecule has 0 spiro atoms. The fraction of sp³-hybridized carbons (Fsp3) is 0.200. The number of para-hydroxylation sites is 3. The van der Waals surface area contributed by atoms with Crippen LogP contribution in [0.2, 0.25) is 0 Å². The monoisotopic (exact) mass is 1040 g/mol. The molecule has 0 saturated heterocycles. The summed E-state index contributed by atoms with van der Waals surface area (Å²) < 4.78 is 15.3. The molecule has 0 saturated carbocycles. The summed E-state index contributed by atoms with van der Waals surface area (Å²) in [4.78, 5) is 4.95. The van der Waals surface area contributed by atoms with Crippen LogP contribution >= 0.6 is 0 Å². The summed E-state index contributed by atoms with van der Waals surface area (Å²) in [6, 6.07) is 64.5. The van der Waals surface area contributed by atoms with Crippen molar-refractivity contribution in [3.05, 3.63) is 202 Å². The Morgan fingerprint density at radius 1 is 0.591 bits per heavy atom. The Morgan fingerprint density at radius 3 is 1.92 bits per heavy atom. The van der Waals surface area contributed by atoms with E-state index in [0.717, 1.165) is 50.8 Å². The minimum atomic E-state index is -0.0307. The number of hydrogen-bond acceptors (Lipinski definition) is 2. The average Bonchev–Trinajstić information content (AvgIpc) is 3.81. The Hall–Kier alpha value is -6.55. The molecule has 1 atom stereocenters. The molecule has 1 unspecified atom stereocenters. The van der Waals surface area contributed by atoms with Gasteiger partial charge in [0.05, 0.1) is 0 Å². The van der Waals surface area contributed by atoms with Gasteiger partial charge in [-0.15, -0.1) is 0 Å². The van der Waals surface area contributed by atoms with Crippen LogP contribution in [0.4, 0.5) is 0 Å². The van der Waals surface area contributed by atoms with Crippen molar-refractivity contribution in [1.82, 2.24) is 18.7 Å². The zero-order valence-electron chi connectivity index (χ0n) is 38.3. The Morgan fingerprint density at radius 2 is 1.23 bits per heavy atom. The number of aryl methyl sites for hydroxylation is 1.